The lowest BCUT2D eigenvalue weighted by Crippen LogP contribution is -2.29. The highest BCUT2D eigenvalue weighted by molar-refractivity contribution is 6.70. The molecule has 1 saturated heterocycles. The van der Waals surface area contributed by atoms with Gasteiger partial charge in [0.05, 0.1) is 0 Å². The number of benzene rings is 1. The van der Waals surface area contributed by atoms with Crippen LogP contribution in [0.4, 0.5) is 0 Å². The molecule has 1 fully saturated rings. The van der Waals surface area contributed by atoms with E-state index in [-0.39, 0.29) is 0 Å². The van der Waals surface area contributed by atoms with Crippen LogP contribution in [0, 0.1) is 0 Å². The maximum absolute atomic E-state index is 5.94. The van der Waals surface area contributed by atoms with Crippen LogP contribution < -0.4 is 9.74 Å². The Morgan fingerprint density at radius 1 is 1.19 bits per heavy atom. The molecule has 1 aliphatic heterocycles. The molecule has 1 aromatic carbocycles. The van der Waals surface area contributed by atoms with Gasteiger partial charge in [-0.25, -0.2) is 0 Å². The predicted molar refractivity (Wildman–Crippen MR) is 70.4 cm³/mol. The van der Waals surface area contributed by atoms with E-state index in [4.69, 9.17) is 4.43 Å². The summed E-state index contributed by atoms with van der Waals surface area (Å²) in [4.78, 5) is 0. The summed E-state index contributed by atoms with van der Waals surface area (Å²) in [6.45, 7) is 7.77. The van der Waals surface area contributed by atoms with Crippen LogP contribution >= 0.6 is 0 Å². The van der Waals surface area contributed by atoms with E-state index < -0.39 is 8.32 Å². The molecule has 0 spiro atoms. The summed E-state index contributed by atoms with van der Waals surface area (Å²) >= 11 is 0. The smallest absolute Gasteiger partial charge is 0.242 e. The summed E-state index contributed by atoms with van der Waals surface area (Å²) in [7, 11) is -1.46. The molecule has 0 aliphatic carbocycles. The second-order valence-corrected chi connectivity index (χ2v) is 9.86. The van der Waals surface area contributed by atoms with Gasteiger partial charge in [-0.05, 0) is 56.7 Å². The lowest BCUT2D eigenvalue weighted by atomic mass is 10.1. The third-order valence-corrected chi connectivity index (χ3v) is 3.61. The van der Waals surface area contributed by atoms with Crippen molar-refractivity contribution in [1.29, 1.82) is 0 Å². The van der Waals surface area contributed by atoms with Gasteiger partial charge in [-0.15, -0.1) is 0 Å². The average Bonchev–Trinajstić information content (AvgIpc) is 2.69. The maximum atomic E-state index is 5.94. The van der Waals surface area contributed by atoms with Gasteiger partial charge in [0.25, 0.3) is 0 Å². The van der Waals surface area contributed by atoms with E-state index in [0.717, 1.165) is 12.3 Å². The molecular weight excluding hydrogens is 214 g/mol. The monoisotopic (exact) mass is 235 g/mol. The molecule has 1 aliphatic rings. The van der Waals surface area contributed by atoms with Crippen molar-refractivity contribution in [2.45, 2.75) is 38.5 Å². The zero-order chi connectivity index (χ0) is 11.6. The van der Waals surface area contributed by atoms with Gasteiger partial charge in [0, 0.05) is 6.04 Å². The fraction of sp³-hybridized carbons (Fsp3) is 0.538. The Kier molecular flexibility index (Phi) is 3.35. The molecule has 1 heterocycles. The van der Waals surface area contributed by atoms with E-state index >= 15 is 0 Å². The highest BCUT2D eigenvalue weighted by Crippen LogP contribution is 2.25. The first-order valence-corrected chi connectivity index (χ1v) is 9.48. The molecular formula is C13H21NOSi. The van der Waals surface area contributed by atoms with Crippen molar-refractivity contribution in [3.8, 4) is 5.75 Å². The molecule has 0 unspecified atom stereocenters. The van der Waals surface area contributed by atoms with Gasteiger partial charge >= 0.3 is 0 Å². The zero-order valence-corrected chi connectivity index (χ0v) is 11.4. The van der Waals surface area contributed by atoms with Crippen molar-refractivity contribution in [2.24, 2.45) is 0 Å². The Morgan fingerprint density at radius 2 is 1.88 bits per heavy atom. The largest absolute Gasteiger partial charge is 0.544 e. The average molecular weight is 235 g/mol. The third kappa shape index (κ3) is 3.09. The SMILES string of the molecule is C[Si](C)(C)Oc1ccc([C@H]2CCCN2)cc1. The molecule has 0 aromatic heterocycles. The molecule has 0 amide bonds. The van der Waals surface area contributed by atoms with Crippen LogP contribution in [0.25, 0.3) is 0 Å². The van der Waals surface area contributed by atoms with Gasteiger partial charge in [-0.2, -0.15) is 0 Å². The van der Waals surface area contributed by atoms with Crippen molar-refractivity contribution in [1.82, 2.24) is 5.32 Å². The molecule has 2 rings (SSSR count). The molecule has 2 nitrogen and oxygen atoms in total. The number of hydrogen-bond acceptors (Lipinski definition) is 2. The quantitative estimate of drug-likeness (QED) is 0.811. The summed E-state index contributed by atoms with van der Waals surface area (Å²) < 4.78 is 5.94. The highest BCUT2D eigenvalue weighted by Gasteiger charge is 2.18. The van der Waals surface area contributed by atoms with E-state index in [0.29, 0.717) is 6.04 Å². The molecule has 1 atom stereocenters. The molecule has 16 heavy (non-hydrogen) atoms. The fourth-order valence-corrected chi connectivity index (χ4v) is 2.93. The molecule has 1 N–H and O–H groups in total. The van der Waals surface area contributed by atoms with Gasteiger partial charge < -0.3 is 9.74 Å². The van der Waals surface area contributed by atoms with Crippen LogP contribution in [-0.4, -0.2) is 14.9 Å². The topological polar surface area (TPSA) is 21.3 Å². The summed E-state index contributed by atoms with van der Waals surface area (Å²) in [6.07, 6.45) is 2.55. The zero-order valence-electron chi connectivity index (χ0n) is 10.4. The van der Waals surface area contributed by atoms with E-state index in [1.165, 1.54) is 18.4 Å². The first-order chi connectivity index (χ1) is 7.54. The maximum Gasteiger partial charge on any atom is 0.242 e. The van der Waals surface area contributed by atoms with Crippen LogP contribution in [0.3, 0.4) is 0 Å². The summed E-state index contributed by atoms with van der Waals surface area (Å²) in [5.41, 5.74) is 1.39. The summed E-state index contributed by atoms with van der Waals surface area (Å²) in [5, 5.41) is 3.51. The predicted octanol–water partition coefficient (Wildman–Crippen LogP) is 3.32. The minimum atomic E-state index is -1.46. The first-order valence-electron chi connectivity index (χ1n) is 6.07. The van der Waals surface area contributed by atoms with Gasteiger partial charge in [-0.3, -0.25) is 0 Å². The lowest BCUT2D eigenvalue weighted by Gasteiger charge is -2.19. The molecule has 0 bridgehead atoms. The van der Waals surface area contributed by atoms with E-state index in [9.17, 15) is 0 Å². The van der Waals surface area contributed by atoms with Crippen molar-refractivity contribution >= 4 is 8.32 Å². The van der Waals surface area contributed by atoms with Crippen LogP contribution in [0.2, 0.25) is 19.6 Å². The fourth-order valence-electron chi connectivity index (χ4n) is 2.09. The van der Waals surface area contributed by atoms with Gasteiger partial charge in [0.2, 0.25) is 8.32 Å². The van der Waals surface area contributed by atoms with E-state index in [1.54, 1.807) is 0 Å². The van der Waals surface area contributed by atoms with Crippen LogP contribution in [0.15, 0.2) is 24.3 Å². The van der Waals surface area contributed by atoms with Crippen molar-refractivity contribution in [2.75, 3.05) is 6.54 Å². The van der Waals surface area contributed by atoms with Crippen LogP contribution in [0.5, 0.6) is 5.75 Å². The van der Waals surface area contributed by atoms with Crippen molar-refractivity contribution in [3.05, 3.63) is 29.8 Å². The van der Waals surface area contributed by atoms with Gasteiger partial charge in [0.15, 0.2) is 0 Å². The first kappa shape index (κ1) is 11.7. The Labute approximate surface area is 99.1 Å². The Balaban J connectivity index is 2.04. The van der Waals surface area contributed by atoms with Crippen molar-refractivity contribution < 1.29 is 4.43 Å². The molecule has 3 heteroatoms. The highest BCUT2D eigenvalue weighted by atomic mass is 28.4. The Bertz CT molecular complexity index is 336. The second kappa shape index (κ2) is 4.59. The number of hydrogen-bond donors (Lipinski definition) is 1. The summed E-state index contributed by atoms with van der Waals surface area (Å²) in [5.74, 6) is 1.01. The van der Waals surface area contributed by atoms with Crippen molar-refractivity contribution in [3.63, 3.8) is 0 Å². The number of rotatable bonds is 3. The number of nitrogens with one attached hydrogen (secondary N) is 1. The van der Waals surface area contributed by atoms with Crippen LogP contribution in [-0.2, 0) is 0 Å². The second-order valence-electron chi connectivity index (χ2n) is 5.43. The Hall–Kier alpha value is -0.803. The van der Waals surface area contributed by atoms with Gasteiger partial charge in [0.1, 0.15) is 5.75 Å². The molecule has 1 aromatic rings. The van der Waals surface area contributed by atoms with E-state index in [1.807, 2.05) is 0 Å². The molecule has 0 saturated carbocycles. The third-order valence-electron chi connectivity index (χ3n) is 2.77. The summed E-state index contributed by atoms with van der Waals surface area (Å²) in [6, 6.07) is 9.15. The lowest BCUT2D eigenvalue weighted by molar-refractivity contribution is 0.556. The molecule has 0 radical (unpaired) electrons. The minimum absolute atomic E-state index is 0.556. The minimum Gasteiger partial charge on any atom is -0.544 e. The van der Waals surface area contributed by atoms with Crippen LogP contribution in [0.1, 0.15) is 24.4 Å². The molecule has 88 valence electrons. The standard InChI is InChI=1S/C13H21NOSi/c1-16(2,3)15-12-8-6-11(7-9-12)13-5-4-10-14-13/h6-9,13-14H,4-5,10H2,1-3H3/t13-/m1/s1. The van der Waals surface area contributed by atoms with Gasteiger partial charge in [-0.1, -0.05) is 12.1 Å². The van der Waals surface area contributed by atoms with E-state index in [2.05, 4.69) is 49.2 Å². The Morgan fingerprint density at radius 3 is 2.38 bits per heavy atom. The normalized spacial score (nSPS) is 21.1.